The molecule has 0 spiro atoms. The Morgan fingerprint density at radius 3 is 2.91 bits per heavy atom. The molecule has 2 aromatic rings. The maximum absolute atomic E-state index is 10.1. The van der Waals surface area contributed by atoms with Crippen molar-refractivity contribution in [1.29, 1.82) is 0 Å². The van der Waals surface area contributed by atoms with Gasteiger partial charge in [0.2, 0.25) is 5.89 Å². The summed E-state index contributed by atoms with van der Waals surface area (Å²) in [7, 11) is 1.67. The number of aryl methyl sites for hydroxylation is 2. The predicted molar refractivity (Wildman–Crippen MR) is 82.7 cm³/mol. The zero-order valence-electron chi connectivity index (χ0n) is 13.2. The molecule has 1 fully saturated rings. The summed E-state index contributed by atoms with van der Waals surface area (Å²) in [5.41, 5.74) is 2.07. The van der Waals surface area contributed by atoms with Crippen molar-refractivity contribution < 1.29 is 14.3 Å². The Labute approximate surface area is 130 Å². The van der Waals surface area contributed by atoms with E-state index in [0.717, 1.165) is 22.8 Å². The average Bonchev–Trinajstić information content (AvgIpc) is 3.02. The van der Waals surface area contributed by atoms with Crippen LogP contribution >= 0.6 is 0 Å². The smallest absolute Gasteiger partial charge is 0.208 e. The Hall–Kier alpha value is -1.85. The number of hydrogen-bond acceptors (Lipinski definition) is 5. The Bertz CT molecular complexity index is 634. The Morgan fingerprint density at radius 2 is 2.23 bits per heavy atom. The van der Waals surface area contributed by atoms with E-state index < -0.39 is 0 Å². The van der Waals surface area contributed by atoms with E-state index in [2.05, 4.69) is 16.0 Å². The van der Waals surface area contributed by atoms with Gasteiger partial charge in [0.1, 0.15) is 11.5 Å². The van der Waals surface area contributed by atoms with Gasteiger partial charge < -0.3 is 14.3 Å². The summed E-state index contributed by atoms with van der Waals surface area (Å²) in [4.78, 5) is 6.66. The lowest BCUT2D eigenvalue weighted by Crippen LogP contribution is -2.24. The Morgan fingerprint density at radius 1 is 1.41 bits per heavy atom. The number of rotatable bonds is 4. The summed E-state index contributed by atoms with van der Waals surface area (Å²) in [5.74, 6) is 2.39. The maximum Gasteiger partial charge on any atom is 0.208 e. The van der Waals surface area contributed by atoms with Gasteiger partial charge in [-0.2, -0.15) is 0 Å². The van der Waals surface area contributed by atoms with Crippen molar-refractivity contribution in [3.8, 4) is 5.75 Å². The molecule has 118 valence electrons. The number of likely N-dealkylation sites (tertiary alicyclic amines) is 1. The fourth-order valence-electron chi connectivity index (χ4n) is 3.03. The molecule has 1 aliphatic rings. The number of aliphatic hydroxyl groups excluding tert-OH is 1. The average molecular weight is 302 g/mol. The Balaban J connectivity index is 1.82. The van der Waals surface area contributed by atoms with E-state index in [1.165, 1.54) is 0 Å². The van der Waals surface area contributed by atoms with Gasteiger partial charge in [-0.3, -0.25) is 4.90 Å². The highest BCUT2D eigenvalue weighted by Crippen LogP contribution is 2.34. The molecule has 2 atom stereocenters. The van der Waals surface area contributed by atoms with E-state index in [9.17, 15) is 5.11 Å². The molecule has 0 unspecified atom stereocenters. The number of aromatic nitrogens is 1. The van der Waals surface area contributed by atoms with Crippen molar-refractivity contribution in [2.75, 3.05) is 13.7 Å². The molecule has 1 aromatic carbocycles. The van der Waals surface area contributed by atoms with Crippen molar-refractivity contribution in [2.45, 2.75) is 39.0 Å². The summed E-state index contributed by atoms with van der Waals surface area (Å²) in [5, 5.41) is 10.1. The second-order valence-corrected chi connectivity index (χ2v) is 5.86. The van der Waals surface area contributed by atoms with E-state index in [0.29, 0.717) is 25.4 Å². The largest absolute Gasteiger partial charge is 0.497 e. The zero-order valence-corrected chi connectivity index (χ0v) is 13.2. The minimum Gasteiger partial charge on any atom is -0.497 e. The van der Waals surface area contributed by atoms with Crippen LogP contribution in [0, 0.1) is 13.8 Å². The SMILES string of the molecule is COc1cccc([C@H]2C[C@@H](O)CN2Cc2nc(C)c(C)o2)c1. The van der Waals surface area contributed by atoms with Gasteiger partial charge in [0.25, 0.3) is 0 Å². The van der Waals surface area contributed by atoms with Crippen molar-refractivity contribution in [2.24, 2.45) is 0 Å². The lowest BCUT2D eigenvalue weighted by Gasteiger charge is -2.23. The van der Waals surface area contributed by atoms with Crippen molar-refractivity contribution in [1.82, 2.24) is 9.88 Å². The van der Waals surface area contributed by atoms with E-state index in [1.807, 2.05) is 32.0 Å². The normalized spacial score (nSPS) is 22.2. The number of aliphatic hydroxyl groups is 1. The highest BCUT2D eigenvalue weighted by molar-refractivity contribution is 5.31. The van der Waals surface area contributed by atoms with Crippen LogP contribution in [0.5, 0.6) is 5.75 Å². The van der Waals surface area contributed by atoms with Crippen molar-refractivity contribution >= 4 is 0 Å². The maximum atomic E-state index is 10.1. The van der Waals surface area contributed by atoms with Crippen LogP contribution in [0.15, 0.2) is 28.7 Å². The minimum absolute atomic E-state index is 0.151. The number of nitrogens with zero attached hydrogens (tertiary/aromatic N) is 2. The molecule has 1 N–H and O–H groups in total. The number of ether oxygens (including phenoxy) is 1. The fraction of sp³-hybridized carbons (Fsp3) is 0.471. The van der Waals surface area contributed by atoms with Crippen LogP contribution in [0.2, 0.25) is 0 Å². The number of oxazole rings is 1. The molecule has 1 aliphatic heterocycles. The molecule has 0 amide bonds. The molecule has 0 aliphatic carbocycles. The first kappa shape index (κ1) is 15.1. The molecular formula is C17H22N2O3. The summed E-state index contributed by atoms with van der Waals surface area (Å²) in [6.07, 6.45) is 0.389. The molecule has 0 radical (unpaired) electrons. The number of benzene rings is 1. The first-order valence-electron chi connectivity index (χ1n) is 7.56. The summed E-state index contributed by atoms with van der Waals surface area (Å²) >= 11 is 0. The van der Waals surface area contributed by atoms with E-state index in [4.69, 9.17) is 9.15 Å². The van der Waals surface area contributed by atoms with Crippen LogP contribution in [0.25, 0.3) is 0 Å². The highest BCUT2D eigenvalue weighted by Gasteiger charge is 2.33. The molecule has 1 saturated heterocycles. The fourth-order valence-corrected chi connectivity index (χ4v) is 3.03. The van der Waals surface area contributed by atoms with Crippen LogP contribution in [0.3, 0.4) is 0 Å². The first-order valence-corrected chi connectivity index (χ1v) is 7.56. The van der Waals surface area contributed by atoms with Gasteiger partial charge >= 0.3 is 0 Å². The molecule has 0 bridgehead atoms. The monoisotopic (exact) mass is 302 g/mol. The lowest BCUT2D eigenvalue weighted by molar-refractivity contribution is 0.167. The van der Waals surface area contributed by atoms with Crippen molar-refractivity contribution in [3.05, 3.63) is 47.2 Å². The topological polar surface area (TPSA) is 58.7 Å². The van der Waals surface area contributed by atoms with Gasteiger partial charge in [-0.15, -0.1) is 0 Å². The number of methoxy groups -OCH3 is 1. The van der Waals surface area contributed by atoms with Crippen LogP contribution in [-0.4, -0.2) is 34.7 Å². The lowest BCUT2D eigenvalue weighted by atomic mass is 10.0. The molecule has 5 nitrogen and oxygen atoms in total. The van der Waals surface area contributed by atoms with E-state index >= 15 is 0 Å². The van der Waals surface area contributed by atoms with Gasteiger partial charge in [-0.25, -0.2) is 4.98 Å². The number of β-amino-alcohol motifs (C(OH)–C–C–N with tert-alkyl or cyclic N) is 1. The number of hydrogen-bond donors (Lipinski definition) is 1. The summed E-state index contributed by atoms with van der Waals surface area (Å²) < 4.78 is 11.0. The van der Waals surface area contributed by atoms with Crippen LogP contribution in [0.4, 0.5) is 0 Å². The molecule has 2 heterocycles. The first-order chi connectivity index (χ1) is 10.6. The highest BCUT2D eigenvalue weighted by atomic mass is 16.5. The van der Waals surface area contributed by atoms with Crippen LogP contribution < -0.4 is 4.74 Å². The molecule has 5 heteroatoms. The van der Waals surface area contributed by atoms with Gasteiger partial charge in [-0.1, -0.05) is 12.1 Å². The van der Waals surface area contributed by atoms with Gasteiger partial charge in [0.05, 0.1) is 25.5 Å². The van der Waals surface area contributed by atoms with E-state index in [1.54, 1.807) is 7.11 Å². The van der Waals surface area contributed by atoms with E-state index in [-0.39, 0.29) is 12.1 Å². The van der Waals surface area contributed by atoms with Crippen molar-refractivity contribution in [3.63, 3.8) is 0 Å². The second-order valence-electron chi connectivity index (χ2n) is 5.86. The van der Waals surface area contributed by atoms with Crippen LogP contribution in [0.1, 0.15) is 35.4 Å². The molecule has 0 saturated carbocycles. The minimum atomic E-state index is -0.326. The van der Waals surface area contributed by atoms with Gasteiger partial charge in [-0.05, 0) is 38.0 Å². The van der Waals surface area contributed by atoms with Gasteiger partial charge in [0, 0.05) is 12.6 Å². The standard InChI is InChI=1S/C17H22N2O3/c1-11-12(2)22-17(18-11)10-19-9-14(20)8-16(19)13-5-4-6-15(7-13)21-3/h4-7,14,16,20H,8-10H2,1-3H3/t14-,16-/m1/s1. The molecule has 22 heavy (non-hydrogen) atoms. The zero-order chi connectivity index (χ0) is 15.7. The molecule has 1 aromatic heterocycles. The third kappa shape index (κ3) is 3.00. The predicted octanol–water partition coefficient (Wildman–Crippen LogP) is 2.61. The molecule has 3 rings (SSSR count). The quantitative estimate of drug-likeness (QED) is 0.941. The second kappa shape index (κ2) is 6.10. The third-order valence-corrected chi connectivity index (χ3v) is 4.27. The van der Waals surface area contributed by atoms with Gasteiger partial charge in [0.15, 0.2) is 0 Å². The van der Waals surface area contributed by atoms with Crippen LogP contribution in [-0.2, 0) is 6.54 Å². The molecular weight excluding hydrogens is 280 g/mol. The third-order valence-electron chi connectivity index (χ3n) is 4.27. The summed E-state index contributed by atoms with van der Waals surface area (Å²) in [6.45, 7) is 5.10. The summed E-state index contributed by atoms with van der Waals surface area (Å²) in [6, 6.07) is 8.17. The Kier molecular flexibility index (Phi) is 4.18.